The van der Waals surface area contributed by atoms with Crippen molar-refractivity contribution in [3.63, 3.8) is 0 Å². The number of amides is 1. The fraction of sp³-hybridized carbons (Fsp3) is 0.833. The van der Waals surface area contributed by atoms with Gasteiger partial charge in [0, 0.05) is 6.04 Å². The molecule has 5 heteroatoms. The summed E-state index contributed by atoms with van der Waals surface area (Å²) in [7, 11) is 0. The molecule has 5 nitrogen and oxygen atoms in total. The average Bonchev–Trinajstić information content (AvgIpc) is 2.14. The van der Waals surface area contributed by atoms with E-state index in [1.165, 1.54) is 4.90 Å². The molecule has 100 valence electrons. The summed E-state index contributed by atoms with van der Waals surface area (Å²) < 4.78 is 5.21. The van der Waals surface area contributed by atoms with Crippen LogP contribution >= 0.6 is 0 Å². The largest absolute Gasteiger partial charge is 0.480 e. The monoisotopic (exact) mass is 245 g/mol. The molecule has 0 saturated carbocycles. The maximum Gasteiger partial charge on any atom is 0.411 e. The lowest BCUT2D eigenvalue weighted by atomic mass is 10.1. The summed E-state index contributed by atoms with van der Waals surface area (Å²) in [6.45, 7) is 8.81. The topological polar surface area (TPSA) is 66.8 Å². The molecule has 0 heterocycles. The molecule has 0 aliphatic rings. The SMILES string of the molecule is CCC(CC)N(CC(=O)O)C(=O)OC(C)(C)C. The van der Waals surface area contributed by atoms with E-state index in [4.69, 9.17) is 9.84 Å². The number of hydrogen-bond acceptors (Lipinski definition) is 3. The first-order valence-corrected chi connectivity index (χ1v) is 5.92. The maximum atomic E-state index is 11.9. The van der Waals surface area contributed by atoms with Gasteiger partial charge in [0.25, 0.3) is 0 Å². The van der Waals surface area contributed by atoms with E-state index in [0.29, 0.717) is 12.8 Å². The second kappa shape index (κ2) is 6.47. The summed E-state index contributed by atoms with van der Waals surface area (Å²) in [5.41, 5.74) is -0.611. The maximum absolute atomic E-state index is 11.9. The number of carboxylic acid groups (broad SMARTS) is 1. The highest BCUT2D eigenvalue weighted by Crippen LogP contribution is 2.15. The zero-order chi connectivity index (χ0) is 13.6. The highest BCUT2D eigenvalue weighted by atomic mass is 16.6. The smallest absolute Gasteiger partial charge is 0.411 e. The molecule has 0 unspecified atom stereocenters. The van der Waals surface area contributed by atoms with Gasteiger partial charge in [-0.05, 0) is 33.6 Å². The van der Waals surface area contributed by atoms with Crippen LogP contribution in [0.5, 0.6) is 0 Å². The van der Waals surface area contributed by atoms with Crippen LogP contribution in [0.15, 0.2) is 0 Å². The van der Waals surface area contributed by atoms with E-state index >= 15 is 0 Å². The van der Waals surface area contributed by atoms with Crippen LogP contribution in [0.2, 0.25) is 0 Å². The number of carbonyl (C=O) groups is 2. The van der Waals surface area contributed by atoms with Gasteiger partial charge in [0.1, 0.15) is 12.1 Å². The lowest BCUT2D eigenvalue weighted by molar-refractivity contribution is -0.138. The number of carbonyl (C=O) groups excluding carboxylic acids is 1. The summed E-state index contributed by atoms with van der Waals surface area (Å²) in [6, 6.07) is -0.0963. The van der Waals surface area contributed by atoms with Crippen molar-refractivity contribution in [2.45, 2.75) is 59.1 Å². The Morgan fingerprint density at radius 1 is 1.24 bits per heavy atom. The Bertz CT molecular complexity index is 266. The van der Waals surface area contributed by atoms with Gasteiger partial charge in [-0.2, -0.15) is 0 Å². The number of hydrogen-bond donors (Lipinski definition) is 1. The Balaban J connectivity index is 4.78. The number of rotatable bonds is 5. The minimum absolute atomic E-state index is 0.0963. The standard InChI is InChI=1S/C12H23NO4/c1-6-9(7-2)13(8-10(14)15)11(16)17-12(3,4)5/h9H,6-8H2,1-5H3,(H,14,15). The quantitative estimate of drug-likeness (QED) is 0.808. The molecule has 0 aromatic heterocycles. The van der Waals surface area contributed by atoms with E-state index < -0.39 is 17.7 Å². The highest BCUT2D eigenvalue weighted by molar-refractivity contribution is 5.77. The van der Waals surface area contributed by atoms with Gasteiger partial charge in [0.15, 0.2) is 0 Å². The molecule has 0 bridgehead atoms. The van der Waals surface area contributed by atoms with E-state index in [-0.39, 0.29) is 12.6 Å². The van der Waals surface area contributed by atoms with E-state index in [2.05, 4.69) is 0 Å². The molecule has 0 atom stereocenters. The molecule has 0 spiro atoms. The van der Waals surface area contributed by atoms with Gasteiger partial charge in [0.2, 0.25) is 0 Å². The van der Waals surface area contributed by atoms with Gasteiger partial charge in [-0.3, -0.25) is 9.69 Å². The van der Waals surface area contributed by atoms with Crippen molar-refractivity contribution in [3.8, 4) is 0 Å². The molecular formula is C12H23NO4. The molecule has 0 saturated heterocycles. The van der Waals surface area contributed by atoms with Crippen molar-refractivity contribution in [3.05, 3.63) is 0 Å². The fourth-order valence-corrected chi connectivity index (χ4v) is 1.54. The summed E-state index contributed by atoms with van der Waals surface area (Å²) in [5.74, 6) is -1.03. The minimum Gasteiger partial charge on any atom is -0.480 e. The van der Waals surface area contributed by atoms with Crippen LogP contribution in [0.4, 0.5) is 4.79 Å². The summed E-state index contributed by atoms with van der Waals surface area (Å²) >= 11 is 0. The van der Waals surface area contributed by atoms with E-state index in [1.807, 2.05) is 13.8 Å². The molecule has 0 rings (SSSR count). The molecule has 17 heavy (non-hydrogen) atoms. The van der Waals surface area contributed by atoms with Crippen LogP contribution in [-0.4, -0.2) is 40.3 Å². The highest BCUT2D eigenvalue weighted by Gasteiger charge is 2.28. The van der Waals surface area contributed by atoms with Crippen molar-refractivity contribution in [2.24, 2.45) is 0 Å². The molecule has 0 aliphatic heterocycles. The normalized spacial score (nSPS) is 11.4. The van der Waals surface area contributed by atoms with E-state index in [1.54, 1.807) is 20.8 Å². The molecule has 0 aromatic carbocycles. The Morgan fingerprint density at radius 2 is 1.71 bits per heavy atom. The lowest BCUT2D eigenvalue weighted by Crippen LogP contribution is -2.45. The Kier molecular flexibility index (Phi) is 5.99. The minimum atomic E-state index is -1.03. The summed E-state index contributed by atoms with van der Waals surface area (Å²) in [5, 5.41) is 8.82. The number of nitrogens with zero attached hydrogens (tertiary/aromatic N) is 1. The Morgan fingerprint density at radius 3 is 2.00 bits per heavy atom. The van der Waals surface area contributed by atoms with Crippen LogP contribution < -0.4 is 0 Å². The van der Waals surface area contributed by atoms with Crippen LogP contribution in [0.1, 0.15) is 47.5 Å². The first-order chi connectivity index (χ1) is 7.71. The predicted molar refractivity (Wildman–Crippen MR) is 64.9 cm³/mol. The molecule has 0 radical (unpaired) electrons. The van der Waals surface area contributed by atoms with Gasteiger partial charge in [-0.1, -0.05) is 13.8 Å². The van der Waals surface area contributed by atoms with Crippen molar-refractivity contribution >= 4 is 12.1 Å². The number of aliphatic carboxylic acids is 1. The number of carboxylic acids is 1. The second-order valence-corrected chi connectivity index (χ2v) is 4.97. The number of ether oxygens (including phenoxy) is 1. The fourth-order valence-electron chi connectivity index (χ4n) is 1.54. The average molecular weight is 245 g/mol. The molecule has 1 amide bonds. The first-order valence-electron chi connectivity index (χ1n) is 5.92. The van der Waals surface area contributed by atoms with Gasteiger partial charge < -0.3 is 9.84 Å². The first kappa shape index (κ1) is 15.7. The predicted octanol–water partition coefficient (Wildman–Crippen LogP) is 2.50. The Labute approximate surface area is 103 Å². The Hall–Kier alpha value is -1.26. The van der Waals surface area contributed by atoms with Crippen molar-refractivity contribution in [1.82, 2.24) is 4.90 Å². The summed E-state index contributed by atoms with van der Waals surface area (Å²) in [6.07, 6.45) is 0.861. The third-order valence-corrected chi connectivity index (χ3v) is 2.32. The third-order valence-electron chi connectivity index (χ3n) is 2.32. The molecule has 0 fully saturated rings. The van der Waals surface area contributed by atoms with Crippen molar-refractivity contribution in [1.29, 1.82) is 0 Å². The van der Waals surface area contributed by atoms with Crippen LogP contribution in [0, 0.1) is 0 Å². The zero-order valence-corrected chi connectivity index (χ0v) is 11.3. The van der Waals surface area contributed by atoms with Gasteiger partial charge in [0.05, 0.1) is 0 Å². The second-order valence-electron chi connectivity index (χ2n) is 4.97. The van der Waals surface area contributed by atoms with Gasteiger partial charge >= 0.3 is 12.1 Å². The van der Waals surface area contributed by atoms with Crippen molar-refractivity contribution < 1.29 is 19.4 Å². The van der Waals surface area contributed by atoms with Gasteiger partial charge in [-0.25, -0.2) is 4.79 Å². The van der Waals surface area contributed by atoms with Crippen LogP contribution in [-0.2, 0) is 9.53 Å². The van der Waals surface area contributed by atoms with Gasteiger partial charge in [-0.15, -0.1) is 0 Å². The molecule has 0 aromatic rings. The van der Waals surface area contributed by atoms with Crippen LogP contribution in [0.25, 0.3) is 0 Å². The zero-order valence-electron chi connectivity index (χ0n) is 11.3. The molecule has 0 aliphatic carbocycles. The van der Waals surface area contributed by atoms with Crippen LogP contribution in [0.3, 0.4) is 0 Å². The molecule has 1 N–H and O–H groups in total. The molecular weight excluding hydrogens is 222 g/mol. The van der Waals surface area contributed by atoms with Crippen molar-refractivity contribution in [2.75, 3.05) is 6.54 Å². The lowest BCUT2D eigenvalue weighted by Gasteiger charge is -2.31. The van der Waals surface area contributed by atoms with E-state index in [0.717, 1.165) is 0 Å². The third kappa shape index (κ3) is 6.14. The summed E-state index contributed by atoms with van der Waals surface area (Å²) in [4.78, 5) is 23.9. The van der Waals surface area contributed by atoms with E-state index in [9.17, 15) is 9.59 Å².